The molecule has 0 fully saturated rings. The molecule has 1 unspecified atom stereocenters. The van der Waals surface area contributed by atoms with Gasteiger partial charge in [-0.3, -0.25) is 0 Å². The van der Waals surface area contributed by atoms with Crippen LogP contribution in [0, 0.1) is 0 Å². The van der Waals surface area contributed by atoms with E-state index in [1.165, 1.54) is 11.8 Å². The van der Waals surface area contributed by atoms with Gasteiger partial charge in [-0.1, -0.05) is 48.0 Å². The molecule has 0 aliphatic rings. The second kappa shape index (κ2) is 8.15. The SMILES string of the molecule is CC(C)NCC(CCCS(C)(=O)=O)c1ccccc1Br. The third-order valence-electron chi connectivity index (χ3n) is 3.19. The van der Waals surface area contributed by atoms with Gasteiger partial charge in [0, 0.05) is 29.1 Å². The van der Waals surface area contributed by atoms with Crippen LogP contribution in [0.2, 0.25) is 0 Å². The maximum atomic E-state index is 11.3. The van der Waals surface area contributed by atoms with Gasteiger partial charge in [-0.05, 0) is 30.4 Å². The number of sulfone groups is 1. The molecule has 1 aromatic carbocycles. The van der Waals surface area contributed by atoms with Crippen molar-refractivity contribution < 1.29 is 8.42 Å². The summed E-state index contributed by atoms with van der Waals surface area (Å²) < 4.78 is 23.6. The van der Waals surface area contributed by atoms with Crippen LogP contribution in [0.4, 0.5) is 0 Å². The van der Waals surface area contributed by atoms with Gasteiger partial charge in [-0.15, -0.1) is 0 Å². The Kier molecular flexibility index (Phi) is 7.20. The number of halogens is 1. The Labute approximate surface area is 131 Å². The molecule has 1 rings (SSSR count). The van der Waals surface area contributed by atoms with E-state index in [-0.39, 0.29) is 5.75 Å². The molecule has 0 heterocycles. The van der Waals surface area contributed by atoms with Crippen molar-refractivity contribution in [3.05, 3.63) is 34.3 Å². The second-order valence-electron chi connectivity index (χ2n) is 5.55. The standard InChI is InChI=1S/C15H24BrNO2S/c1-12(2)17-11-13(7-6-10-20(3,18)19)14-8-4-5-9-15(14)16/h4-5,8-9,12-13,17H,6-7,10-11H2,1-3H3. The number of hydrogen-bond acceptors (Lipinski definition) is 3. The molecule has 114 valence electrons. The van der Waals surface area contributed by atoms with Crippen molar-refractivity contribution >= 4 is 25.8 Å². The van der Waals surface area contributed by atoms with E-state index in [4.69, 9.17) is 0 Å². The second-order valence-corrected chi connectivity index (χ2v) is 8.67. The van der Waals surface area contributed by atoms with E-state index in [0.29, 0.717) is 18.4 Å². The topological polar surface area (TPSA) is 46.2 Å². The van der Waals surface area contributed by atoms with Gasteiger partial charge in [0.15, 0.2) is 0 Å². The Morgan fingerprint density at radius 2 is 1.90 bits per heavy atom. The first-order chi connectivity index (χ1) is 9.29. The molecule has 1 N–H and O–H groups in total. The molecule has 0 saturated carbocycles. The molecule has 3 nitrogen and oxygen atoms in total. The molecule has 0 aromatic heterocycles. The highest BCUT2D eigenvalue weighted by Crippen LogP contribution is 2.28. The summed E-state index contributed by atoms with van der Waals surface area (Å²) in [5.74, 6) is 0.588. The van der Waals surface area contributed by atoms with Gasteiger partial charge in [0.25, 0.3) is 0 Å². The van der Waals surface area contributed by atoms with Crippen LogP contribution in [0.5, 0.6) is 0 Å². The van der Waals surface area contributed by atoms with E-state index in [1.54, 1.807) is 0 Å². The van der Waals surface area contributed by atoms with Gasteiger partial charge in [0.2, 0.25) is 0 Å². The summed E-state index contributed by atoms with van der Waals surface area (Å²) in [6.45, 7) is 5.10. The number of hydrogen-bond donors (Lipinski definition) is 1. The van der Waals surface area contributed by atoms with Gasteiger partial charge in [-0.25, -0.2) is 8.42 Å². The third kappa shape index (κ3) is 6.86. The number of rotatable bonds is 8. The Morgan fingerprint density at radius 3 is 2.45 bits per heavy atom. The number of benzene rings is 1. The molecule has 0 radical (unpaired) electrons. The predicted molar refractivity (Wildman–Crippen MR) is 89.0 cm³/mol. The van der Waals surface area contributed by atoms with Crippen molar-refractivity contribution in [3.63, 3.8) is 0 Å². The van der Waals surface area contributed by atoms with Crippen molar-refractivity contribution in [1.29, 1.82) is 0 Å². The lowest BCUT2D eigenvalue weighted by molar-refractivity contribution is 0.502. The fourth-order valence-corrected chi connectivity index (χ4v) is 3.44. The lowest BCUT2D eigenvalue weighted by Crippen LogP contribution is -2.28. The Hall–Kier alpha value is -0.390. The minimum Gasteiger partial charge on any atom is -0.314 e. The van der Waals surface area contributed by atoms with Crippen molar-refractivity contribution in [2.45, 2.75) is 38.6 Å². The van der Waals surface area contributed by atoms with Crippen LogP contribution in [-0.2, 0) is 9.84 Å². The highest BCUT2D eigenvalue weighted by molar-refractivity contribution is 9.10. The van der Waals surface area contributed by atoms with E-state index in [2.05, 4.69) is 41.2 Å². The molecular weight excluding hydrogens is 338 g/mol. The van der Waals surface area contributed by atoms with Crippen LogP contribution in [-0.4, -0.2) is 33.0 Å². The summed E-state index contributed by atoms with van der Waals surface area (Å²) in [6.07, 6.45) is 2.87. The highest BCUT2D eigenvalue weighted by atomic mass is 79.9. The summed E-state index contributed by atoms with van der Waals surface area (Å²) in [5.41, 5.74) is 1.24. The van der Waals surface area contributed by atoms with E-state index < -0.39 is 9.84 Å². The first-order valence-corrected chi connectivity index (χ1v) is 9.80. The summed E-state index contributed by atoms with van der Waals surface area (Å²) >= 11 is 3.59. The van der Waals surface area contributed by atoms with Gasteiger partial charge >= 0.3 is 0 Å². The van der Waals surface area contributed by atoms with Crippen LogP contribution in [0.25, 0.3) is 0 Å². The van der Waals surface area contributed by atoms with Gasteiger partial charge < -0.3 is 5.32 Å². The molecule has 0 amide bonds. The first kappa shape index (κ1) is 17.7. The van der Waals surface area contributed by atoms with Gasteiger partial charge in [-0.2, -0.15) is 0 Å². The summed E-state index contributed by atoms with van der Waals surface area (Å²) in [4.78, 5) is 0. The fraction of sp³-hybridized carbons (Fsp3) is 0.600. The van der Waals surface area contributed by atoms with Crippen LogP contribution >= 0.6 is 15.9 Å². The molecular formula is C15H24BrNO2S. The predicted octanol–water partition coefficient (Wildman–Crippen LogP) is 3.36. The molecule has 0 aliphatic heterocycles. The van der Waals surface area contributed by atoms with E-state index >= 15 is 0 Å². The largest absolute Gasteiger partial charge is 0.314 e. The summed E-state index contributed by atoms with van der Waals surface area (Å²) in [7, 11) is -2.88. The fourth-order valence-electron chi connectivity index (χ4n) is 2.14. The maximum absolute atomic E-state index is 11.3. The average Bonchev–Trinajstić information content (AvgIpc) is 2.33. The Bertz CT molecular complexity index is 514. The van der Waals surface area contributed by atoms with Crippen molar-refractivity contribution in [1.82, 2.24) is 5.32 Å². The minimum absolute atomic E-state index is 0.260. The summed E-state index contributed by atoms with van der Waals surface area (Å²) in [5, 5.41) is 3.45. The van der Waals surface area contributed by atoms with Gasteiger partial charge in [0.1, 0.15) is 9.84 Å². The quantitative estimate of drug-likeness (QED) is 0.771. The zero-order valence-electron chi connectivity index (χ0n) is 12.4. The van der Waals surface area contributed by atoms with Crippen LogP contribution in [0.3, 0.4) is 0 Å². The zero-order valence-corrected chi connectivity index (χ0v) is 14.8. The molecule has 1 atom stereocenters. The third-order valence-corrected chi connectivity index (χ3v) is 4.94. The van der Waals surface area contributed by atoms with Crippen molar-refractivity contribution in [2.24, 2.45) is 0 Å². The first-order valence-electron chi connectivity index (χ1n) is 6.95. The molecule has 5 heteroatoms. The van der Waals surface area contributed by atoms with Crippen LogP contribution in [0.15, 0.2) is 28.7 Å². The van der Waals surface area contributed by atoms with Crippen molar-refractivity contribution in [2.75, 3.05) is 18.6 Å². The van der Waals surface area contributed by atoms with Crippen molar-refractivity contribution in [3.8, 4) is 0 Å². The minimum atomic E-state index is -2.88. The molecule has 0 bridgehead atoms. The average molecular weight is 362 g/mol. The summed E-state index contributed by atoms with van der Waals surface area (Å²) in [6, 6.07) is 8.59. The van der Waals surface area contributed by atoms with E-state index in [0.717, 1.165) is 17.4 Å². The Morgan fingerprint density at radius 1 is 1.25 bits per heavy atom. The molecule has 0 aliphatic carbocycles. The highest BCUT2D eigenvalue weighted by Gasteiger charge is 2.15. The molecule has 1 aromatic rings. The maximum Gasteiger partial charge on any atom is 0.147 e. The van der Waals surface area contributed by atoms with Gasteiger partial charge in [0.05, 0.1) is 0 Å². The Balaban J connectivity index is 2.72. The van der Waals surface area contributed by atoms with Crippen LogP contribution < -0.4 is 5.32 Å². The lowest BCUT2D eigenvalue weighted by atomic mass is 9.94. The normalized spacial score (nSPS) is 13.7. The molecule has 0 spiro atoms. The van der Waals surface area contributed by atoms with E-state index in [9.17, 15) is 8.42 Å². The van der Waals surface area contributed by atoms with E-state index in [1.807, 2.05) is 18.2 Å². The molecule has 0 saturated heterocycles. The van der Waals surface area contributed by atoms with Crippen LogP contribution in [0.1, 0.15) is 38.2 Å². The monoisotopic (exact) mass is 361 g/mol. The molecule has 20 heavy (non-hydrogen) atoms. The zero-order chi connectivity index (χ0) is 15.2. The smallest absolute Gasteiger partial charge is 0.147 e. The number of nitrogens with one attached hydrogen (secondary N) is 1. The lowest BCUT2D eigenvalue weighted by Gasteiger charge is -2.21.